The Bertz CT molecular complexity index is 415. The Morgan fingerprint density at radius 2 is 2.00 bits per heavy atom. The molecule has 4 heteroatoms. The van der Waals surface area contributed by atoms with E-state index >= 15 is 0 Å². The van der Waals surface area contributed by atoms with E-state index in [0.717, 1.165) is 12.8 Å². The van der Waals surface area contributed by atoms with Gasteiger partial charge < -0.3 is 4.90 Å². The van der Waals surface area contributed by atoms with Crippen molar-refractivity contribution < 1.29 is 4.79 Å². The van der Waals surface area contributed by atoms with Crippen LogP contribution in [0.1, 0.15) is 6.92 Å². The molecule has 0 aliphatic heterocycles. The Balaban J connectivity index is 3.06. The quantitative estimate of drug-likeness (QED) is 0.524. The molecule has 15 heavy (non-hydrogen) atoms. The van der Waals surface area contributed by atoms with Crippen molar-refractivity contribution in [2.75, 3.05) is 11.9 Å². The molecule has 0 spiro atoms. The Hall–Kier alpha value is -0.110. The van der Waals surface area contributed by atoms with Gasteiger partial charge in [0.25, 0.3) is 5.91 Å². The zero-order valence-electron chi connectivity index (χ0n) is 8.55. The summed E-state index contributed by atoms with van der Waals surface area (Å²) in [6.45, 7) is 5.37. The number of hydrogen-bond donors (Lipinski definition) is 0. The summed E-state index contributed by atoms with van der Waals surface area (Å²) in [4.78, 5) is 13.3. The average Bonchev–Trinajstić information content (AvgIpc) is 2.15. The molecule has 0 saturated carbocycles. The lowest BCUT2D eigenvalue weighted by Crippen LogP contribution is -2.27. The molecule has 0 N–H and O–H groups in total. The molecule has 1 amide bonds. The molecular weight excluding hydrogens is 416 g/mol. The number of likely N-dealkylation sites (N-methyl/N-ethyl adjacent to an activating group) is 1. The van der Waals surface area contributed by atoms with Crippen LogP contribution in [-0.2, 0) is 4.79 Å². The molecule has 0 saturated heterocycles. The fraction of sp³-hybridized carbons (Fsp3) is 0.182. The first-order valence-electron chi connectivity index (χ1n) is 4.32. The second-order valence-electron chi connectivity index (χ2n) is 3.24. The number of hydrogen-bond acceptors (Lipinski definition) is 1. The molecule has 0 aromatic heterocycles. The Kier molecular flexibility index (Phi) is 4.57. The van der Waals surface area contributed by atoms with Crippen LogP contribution in [0.5, 0.6) is 0 Å². The zero-order valence-corrected chi connectivity index (χ0v) is 12.9. The minimum Gasteiger partial charge on any atom is -0.311 e. The number of halogens is 2. The van der Waals surface area contributed by atoms with E-state index < -0.39 is 0 Å². The molecule has 2 nitrogen and oxygen atoms in total. The van der Waals surface area contributed by atoms with Gasteiger partial charge in [0.1, 0.15) is 0 Å². The smallest absolute Gasteiger partial charge is 0.253 e. The van der Waals surface area contributed by atoms with Gasteiger partial charge in [0.15, 0.2) is 0 Å². The van der Waals surface area contributed by atoms with Gasteiger partial charge >= 0.3 is 0 Å². The molecule has 0 aliphatic rings. The van der Waals surface area contributed by atoms with E-state index in [0.29, 0.717) is 5.57 Å². The van der Waals surface area contributed by atoms with Crippen LogP contribution in [-0.4, -0.2) is 13.0 Å². The summed E-state index contributed by atoms with van der Waals surface area (Å²) < 4.78 is 2.23. The maximum Gasteiger partial charge on any atom is 0.253 e. The third-order valence-electron chi connectivity index (χ3n) is 1.94. The largest absolute Gasteiger partial charge is 0.311 e. The van der Waals surface area contributed by atoms with Crippen LogP contribution in [0.3, 0.4) is 0 Å². The van der Waals surface area contributed by atoms with Crippen LogP contribution in [0.25, 0.3) is 0 Å². The highest BCUT2D eigenvalue weighted by atomic mass is 127. The van der Waals surface area contributed by atoms with Crippen molar-refractivity contribution in [1.29, 1.82) is 0 Å². The first-order chi connectivity index (χ1) is 6.93. The first kappa shape index (κ1) is 13.0. The van der Waals surface area contributed by atoms with Crippen LogP contribution in [0.15, 0.2) is 30.4 Å². The molecule has 1 aromatic rings. The van der Waals surface area contributed by atoms with Gasteiger partial charge in [-0.2, -0.15) is 0 Å². The van der Waals surface area contributed by atoms with Gasteiger partial charge in [0, 0.05) is 19.8 Å². The van der Waals surface area contributed by atoms with Crippen LogP contribution in [0, 0.1) is 7.14 Å². The second-order valence-corrected chi connectivity index (χ2v) is 5.65. The fourth-order valence-corrected chi connectivity index (χ4v) is 3.11. The SMILES string of the molecule is C=C(C)C(=O)N(C)c1ccc(I)cc1I. The highest BCUT2D eigenvalue weighted by Gasteiger charge is 2.13. The van der Waals surface area contributed by atoms with Gasteiger partial charge in [0.05, 0.1) is 5.69 Å². The molecule has 80 valence electrons. The van der Waals surface area contributed by atoms with E-state index in [2.05, 4.69) is 51.8 Å². The van der Waals surface area contributed by atoms with Crippen molar-refractivity contribution in [3.05, 3.63) is 37.5 Å². The normalized spacial score (nSPS) is 9.87. The van der Waals surface area contributed by atoms with Crippen molar-refractivity contribution >= 4 is 56.8 Å². The van der Waals surface area contributed by atoms with Gasteiger partial charge in [-0.15, -0.1) is 0 Å². The predicted octanol–water partition coefficient (Wildman–Crippen LogP) is 3.43. The topological polar surface area (TPSA) is 20.3 Å². The second kappa shape index (κ2) is 5.29. The van der Waals surface area contributed by atoms with Gasteiger partial charge in [-0.1, -0.05) is 6.58 Å². The van der Waals surface area contributed by atoms with Crippen molar-refractivity contribution in [1.82, 2.24) is 0 Å². The minimum atomic E-state index is -0.0471. The van der Waals surface area contributed by atoms with Gasteiger partial charge in [-0.25, -0.2) is 0 Å². The highest BCUT2D eigenvalue weighted by molar-refractivity contribution is 14.1. The third kappa shape index (κ3) is 3.17. The highest BCUT2D eigenvalue weighted by Crippen LogP contribution is 2.24. The predicted molar refractivity (Wildman–Crippen MR) is 80.1 cm³/mol. The molecular formula is C11H11I2NO. The van der Waals surface area contributed by atoms with Crippen molar-refractivity contribution in [3.63, 3.8) is 0 Å². The van der Waals surface area contributed by atoms with E-state index in [9.17, 15) is 4.79 Å². The monoisotopic (exact) mass is 427 g/mol. The summed E-state index contributed by atoms with van der Waals surface area (Å²) >= 11 is 4.48. The summed E-state index contributed by atoms with van der Waals surface area (Å²) in [5, 5.41) is 0. The lowest BCUT2D eigenvalue weighted by Gasteiger charge is -2.18. The summed E-state index contributed by atoms with van der Waals surface area (Å²) in [6, 6.07) is 5.98. The number of carbonyl (C=O) groups is 1. The van der Waals surface area contributed by atoms with Gasteiger partial charge in [0.2, 0.25) is 0 Å². The lowest BCUT2D eigenvalue weighted by atomic mass is 10.2. The number of carbonyl (C=O) groups excluding carboxylic acids is 1. The first-order valence-corrected chi connectivity index (χ1v) is 6.48. The number of anilines is 1. The van der Waals surface area contributed by atoms with Crippen molar-refractivity contribution in [3.8, 4) is 0 Å². The van der Waals surface area contributed by atoms with E-state index in [1.807, 2.05) is 18.2 Å². The van der Waals surface area contributed by atoms with Gasteiger partial charge in [-0.3, -0.25) is 4.79 Å². The number of amides is 1. The van der Waals surface area contributed by atoms with Crippen LogP contribution in [0.2, 0.25) is 0 Å². The molecule has 0 unspecified atom stereocenters. The van der Waals surface area contributed by atoms with Crippen LogP contribution < -0.4 is 4.90 Å². The maximum absolute atomic E-state index is 11.7. The summed E-state index contributed by atoms with van der Waals surface area (Å²) in [6.07, 6.45) is 0. The molecule has 1 aromatic carbocycles. The van der Waals surface area contributed by atoms with E-state index in [-0.39, 0.29) is 5.91 Å². The number of rotatable bonds is 2. The number of benzene rings is 1. The fourth-order valence-electron chi connectivity index (χ4n) is 1.15. The van der Waals surface area contributed by atoms with Crippen LogP contribution >= 0.6 is 45.2 Å². The summed E-state index contributed by atoms with van der Waals surface area (Å²) in [5.41, 5.74) is 1.47. The lowest BCUT2D eigenvalue weighted by molar-refractivity contribution is -0.114. The Labute approximate surface area is 117 Å². The summed E-state index contributed by atoms with van der Waals surface area (Å²) in [7, 11) is 1.77. The Morgan fingerprint density at radius 1 is 1.40 bits per heavy atom. The average molecular weight is 427 g/mol. The maximum atomic E-state index is 11.7. The number of nitrogens with zero attached hydrogens (tertiary/aromatic N) is 1. The molecule has 0 bridgehead atoms. The van der Waals surface area contributed by atoms with E-state index in [1.165, 1.54) is 0 Å². The molecule has 0 radical (unpaired) electrons. The zero-order chi connectivity index (χ0) is 11.6. The Morgan fingerprint density at radius 3 is 2.47 bits per heavy atom. The molecule has 0 heterocycles. The third-order valence-corrected chi connectivity index (χ3v) is 3.48. The molecule has 0 aliphatic carbocycles. The molecule has 0 fully saturated rings. The van der Waals surface area contributed by atoms with E-state index in [1.54, 1.807) is 18.9 Å². The van der Waals surface area contributed by atoms with Crippen molar-refractivity contribution in [2.24, 2.45) is 0 Å². The minimum absolute atomic E-state index is 0.0471. The van der Waals surface area contributed by atoms with Crippen LogP contribution in [0.4, 0.5) is 5.69 Å². The summed E-state index contributed by atoms with van der Waals surface area (Å²) in [5.74, 6) is -0.0471. The molecule has 1 rings (SSSR count). The standard InChI is InChI=1S/C11H11I2NO/c1-7(2)11(15)14(3)10-5-4-8(12)6-9(10)13/h4-6H,1H2,2-3H3. The molecule has 0 atom stereocenters. The van der Waals surface area contributed by atoms with Gasteiger partial charge in [-0.05, 0) is 70.3 Å². The van der Waals surface area contributed by atoms with Crippen molar-refractivity contribution in [2.45, 2.75) is 6.92 Å². The van der Waals surface area contributed by atoms with E-state index in [4.69, 9.17) is 0 Å².